The van der Waals surface area contributed by atoms with Crippen LogP contribution >= 0.6 is 12.2 Å². The van der Waals surface area contributed by atoms with E-state index in [2.05, 4.69) is 16.0 Å². The van der Waals surface area contributed by atoms with Gasteiger partial charge < -0.3 is 16.0 Å². The minimum atomic E-state index is -0.485. The molecule has 1 aliphatic rings. The summed E-state index contributed by atoms with van der Waals surface area (Å²) in [5.74, 6) is -0.917. The quantitative estimate of drug-likeness (QED) is 0.427. The lowest BCUT2D eigenvalue weighted by molar-refractivity contribution is -0.122. The first-order valence-electron chi connectivity index (χ1n) is 5.73. The molecule has 1 heterocycles. The second-order valence-electron chi connectivity index (χ2n) is 4.05. The summed E-state index contributed by atoms with van der Waals surface area (Å²) in [6.07, 6.45) is 0. The smallest absolute Gasteiger partial charge is 0.263 e. The molecule has 0 atom stereocenters. The molecule has 0 unspecified atom stereocenters. The van der Waals surface area contributed by atoms with E-state index in [9.17, 15) is 9.59 Å². The number of nitrogens with one attached hydrogen (secondary N) is 3. The van der Waals surface area contributed by atoms with Gasteiger partial charge in [-0.15, -0.1) is 0 Å². The molecule has 0 spiro atoms. The number of carbonyl (C=O) groups is 2. The number of carbonyl (C=O) groups excluding carboxylic acids is 2. The summed E-state index contributed by atoms with van der Waals surface area (Å²) in [4.78, 5) is 24.1. The molecule has 3 N–H and O–H groups in total. The van der Waals surface area contributed by atoms with Crippen molar-refractivity contribution in [2.45, 2.75) is 6.92 Å². The van der Waals surface area contributed by atoms with E-state index in [1.165, 1.54) is 0 Å². The summed E-state index contributed by atoms with van der Waals surface area (Å²) in [7, 11) is 0. The number of rotatable bonds is 2. The summed E-state index contributed by atoms with van der Waals surface area (Å²) >= 11 is 4.90. The van der Waals surface area contributed by atoms with Crippen LogP contribution < -0.4 is 16.0 Å². The molecule has 0 aromatic heterocycles. The van der Waals surface area contributed by atoms with E-state index in [-0.39, 0.29) is 12.1 Å². The van der Waals surface area contributed by atoms with E-state index < -0.39 is 11.8 Å². The molecule has 0 aliphatic carbocycles. The van der Waals surface area contributed by atoms with Gasteiger partial charge in [-0.2, -0.15) is 0 Å². The molecule has 1 fully saturated rings. The Labute approximate surface area is 116 Å². The summed E-state index contributed by atoms with van der Waals surface area (Å²) < 4.78 is 0. The van der Waals surface area contributed by atoms with Crippen molar-refractivity contribution < 1.29 is 9.59 Å². The Bertz CT molecular complexity index is 567. The average molecular weight is 275 g/mol. The number of hydrogen-bond donors (Lipinski definition) is 3. The number of para-hydroxylation sites is 1. The third-order valence-corrected chi connectivity index (χ3v) is 2.84. The van der Waals surface area contributed by atoms with Crippen LogP contribution in [0.15, 0.2) is 41.6 Å². The SMILES string of the molecule is C/C(Nc1ccccc1)=C1/C(=O)NCC(=S)NC1=O. The van der Waals surface area contributed by atoms with Gasteiger partial charge in [0.1, 0.15) is 10.6 Å². The molecule has 1 aliphatic heterocycles. The molecular weight excluding hydrogens is 262 g/mol. The maximum atomic E-state index is 11.9. The molecular formula is C13H13N3O2S. The predicted octanol–water partition coefficient (Wildman–Crippen LogP) is 0.946. The number of benzene rings is 1. The fourth-order valence-electron chi connectivity index (χ4n) is 1.73. The van der Waals surface area contributed by atoms with Gasteiger partial charge >= 0.3 is 0 Å². The minimum Gasteiger partial charge on any atom is -0.358 e. The van der Waals surface area contributed by atoms with Gasteiger partial charge in [0.15, 0.2) is 0 Å². The van der Waals surface area contributed by atoms with E-state index in [0.717, 1.165) is 5.69 Å². The van der Waals surface area contributed by atoms with Crippen LogP contribution in [-0.4, -0.2) is 23.3 Å². The molecule has 98 valence electrons. The number of thiocarbonyl (C=S) groups is 1. The Morgan fingerprint density at radius 1 is 1.21 bits per heavy atom. The first-order valence-corrected chi connectivity index (χ1v) is 6.14. The summed E-state index contributed by atoms with van der Waals surface area (Å²) in [5.41, 5.74) is 1.33. The molecule has 1 aromatic rings. The van der Waals surface area contributed by atoms with Crippen LogP contribution in [0.1, 0.15) is 6.92 Å². The fourth-order valence-corrected chi connectivity index (χ4v) is 1.89. The van der Waals surface area contributed by atoms with E-state index >= 15 is 0 Å². The largest absolute Gasteiger partial charge is 0.358 e. The molecule has 6 heteroatoms. The Morgan fingerprint density at radius 2 is 1.89 bits per heavy atom. The number of anilines is 1. The highest BCUT2D eigenvalue weighted by Crippen LogP contribution is 2.13. The maximum Gasteiger partial charge on any atom is 0.263 e. The van der Waals surface area contributed by atoms with Gasteiger partial charge in [-0.1, -0.05) is 30.4 Å². The number of allylic oxidation sites excluding steroid dienone is 1. The first kappa shape index (κ1) is 13.2. The normalized spacial score (nSPS) is 18.3. The van der Waals surface area contributed by atoms with Gasteiger partial charge in [0.05, 0.1) is 6.54 Å². The Morgan fingerprint density at radius 3 is 2.58 bits per heavy atom. The molecule has 0 bridgehead atoms. The van der Waals surface area contributed by atoms with Gasteiger partial charge in [-0.25, -0.2) is 0 Å². The molecule has 5 nitrogen and oxygen atoms in total. The average Bonchev–Trinajstić information content (AvgIpc) is 2.49. The van der Waals surface area contributed by atoms with E-state index in [4.69, 9.17) is 12.2 Å². The van der Waals surface area contributed by atoms with E-state index in [0.29, 0.717) is 10.7 Å². The van der Waals surface area contributed by atoms with E-state index in [1.807, 2.05) is 30.3 Å². The molecule has 2 rings (SSSR count). The van der Waals surface area contributed by atoms with Crippen molar-refractivity contribution >= 4 is 34.7 Å². The van der Waals surface area contributed by atoms with Gasteiger partial charge in [0.2, 0.25) is 0 Å². The first-order chi connectivity index (χ1) is 9.08. The maximum absolute atomic E-state index is 11.9. The van der Waals surface area contributed by atoms with Crippen molar-refractivity contribution in [1.82, 2.24) is 10.6 Å². The van der Waals surface area contributed by atoms with Gasteiger partial charge in [-0.05, 0) is 19.1 Å². The van der Waals surface area contributed by atoms with Crippen LogP contribution in [0.25, 0.3) is 0 Å². The van der Waals surface area contributed by atoms with Crippen molar-refractivity contribution in [3.05, 3.63) is 41.6 Å². The van der Waals surface area contributed by atoms with Crippen molar-refractivity contribution in [2.24, 2.45) is 0 Å². The fraction of sp³-hybridized carbons (Fsp3) is 0.154. The van der Waals surface area contributed by atoms with Crippen molar-refractivity contribution in [1.29, 1.82) is 0 Å². The van der Waals surface area contributed by atoms with Gasteiger partial charge in [-0.3, -0.25) is 9.59 Å². The Hall–Kier alpha value is -2.21. The molecule has 0 saturated carbocycles. The summed E-state index contributed by atoms with van der Waals surface area (Å²) in [6.45, 7) is 1.85. The third kappa shape index (κ3) is 3.17. The van der Waals surface area contributed by atoms with Gasteiger partial charge in [0, 0.05) is 11.4 Å². The third-order valence-electron chi connectivity index (χ3n) is 2.60. The van der Waals surface area contributed by atoms with Crippen LogP contribution in [0, 0.1) is 0 Å². The predicted molar refractivity (Wildman–Crippen MR) is 76.5 cm³/mol. The summed E-state index contributed by atoms with van der Waals surface area (Å²) in [6, 6.07) is 9.31. The van der Waals surface area contributed by atoms with Crippen molar-refractivity contribution in [2.75, 3.05) is 11.9 Å². The van der Waals surface area contributed by atoms with Crippen LogP contribution in [-0.2, 0) is 9.59 Å². The zero-order chi connectivity index (χ0) is 13.8. The number of amides is 2. The van der Waals surface area contributed by atoms with Crippen LogP contribution in [0.3, 0.4) is 0 Å². The van der Waals surface area contributed by atoms with Crippen LogP contribution in [0.2, 0.25) is 0 Å². The van der Waals surface area contributed by atoms with Gasteiger partial charge in [0.25, 0.3) is 11.8 Å². The lowest BCUT2D eigenvalue weighted by atomic mass is 10.1. The highest BCUT2D eigenvalue weighted by atomic mass is 32.1. The minimum absolute atomic E-state index is 0.0451. The van der Waals surface area contributed by atoms with Crippen LogP contribution in [0.4, 0.5) is 5.69 Å². The monoisotopic (exact) mass is 275 g/mol. The topological polar surface area (TPSA) is 70.2 Å². The Balaban J connectivity index is 2.30. The van der Waals surface area contributed by atoms with Crippen LogP contribution in [0.5, 0.6) is 0 Å². The Kier molecular flexibility index (Phi) is 3.91. The molecule has 1 saturated heterocycles. The van der Waals surface area contributed by atoms with Crippen molar-refractivity contribution in [3.8, 4) is 0 Å². The van der Waals surface area contributed by atoms with E-state index in [1.54, 1.807) is 6.92 Å². The second kappa shape index (κ2) is 5.62. The second-order valence-corrected chi connectivity index (χ2v) is 4.54. The molecule has 19 heavy (non-hydrogen) atoms. The lowest BCUT2D eigenvalue weighted by Crippen LogP contribution is -2.31. The highest BCUT2D eigenvalue weighted by molar-refractivity contribution is 7.80. The molecule has 2 amide bonds. The zero-order valence-corrected chi connectivity index (χ0v) is 11.1. The zero-order valence-electron chi connectivity index (χ0n) is 10.3. The molecule has 1 aromatic carbocycles. The molecule has 0 radical (unpaired) electrons. The summed E-state index contributed by atoms with van der Waals surface area (Å²) in [5, 5.41) is 8.11. The number of hydrogen-bond acceptors (Lipinski definition) is 4. The standard InChI is InChI=1S/C13H13N3O2S/c1-8(15-9-5-3-2-4-6-9)11-12(17)14-7-10(19)16-13(11)18/h2-6,15H,7H2,1H3,(H,14,17)(H,16,18,19)/b11-8+. The highest BCUT2D eigenvalue weighted by Gasteiger charge is 2.25. The van der Waals surface area contributed by atoms with Crippen molar-refractivity contribution in [3.63, 3.8) is 0 Å². The lowest BCUT2D eigenvalue weighted by Gasteiger charge is -2.10.